The van der Waals surface area contributed by atoms with Gasteiger partial charge in [0.1, 0.15) is 35.4 Å². The third kappa shape index (κ3) is 2.08. The summed E-state index contributed by atoms with van der Waals surface area (Å²) in [4.78, 5) is 0. The molecule has 0 N–H and O–H groups in total. The summed E-state index contributed by atoms with van der Waals surface area (Å²) in [5.41, 5.74) is 0.149. The van der Waals surface area contributed by atoms with E-state index in [0.717, 1.165) is 30.9 Å². The number of rotatable bonds is 0. The molecular formula is C20H6N4S2. The molecule has 0 aliphatic heterocycles. The summed E-state index contributed by atoms with van der Waals surface area (Å²) in [6, 6.07) is 15.4. The molecular weight excluding hydrogens is 360 g/mol. The lowest BCUT2D eigenvalue weighted by Gasteiger charge is -2.04. The largest absolute Gasteiger partial charge is 0.192 e. The van der Waals surface area contributed by atoms with Crippen molar-refractivity contribution in [3.8, 4) is 24.3 Å². The molecule has 0 bridgehead atoms. The van der Waals surface area contributed by atoms with Crippen molar-refractivity contribution in [3.05, 3.63) is 45.5 Å². The second-order valence-corrected chi connectivity index (χ2v) is 7.30. The van der Waals surface area contributed by atoms with Crippen molar-refractivity contribution in [1.82, 2.24) is 0 Å². The first-order valence-corrected chi connectivity index (χ1v) is 9.18. The lowest BCUT2D eigenvalue weighted by Crippen LogP contribution is -2.09. The predicted molar refractivity (Wildman–Crippen MR) is 103 cm³/mol. The van der Waals surface area contributed by atoms with Gasteiger partial charge in [-0.15, -0.1) is 22.7 Å². The minimum atomic E-state index is 0.0744. The molecule has 4 aromatic rings. The van der Waals surface area contributed by atoms with Crippen LogP contribution in [-0.2, 0) is 0 Å². The van der Waals surface area contributed by atoms with Crippen molar-refractivity contribution >= 4 is 64.8 Å². The van der Waals surface area contributed by atoms with E-state index < -0.39 is 0 Å². The highest BCUT2D eigenvalue weighted by Crippen LogP contribution is 2.33. The van der Waals surface area contributed by atoms with Crippen molar-refractivity contribution < 1.29 is 0 Å². The van der Waals surface area contributed by atoms with Crippen LogP contribution in [0, 0.1) is 45.3 Å². The number of hydrogen-bond donors (Lipinski definition) is 0. The van der Waals surface area contributed by atoms with E-state index in [2.05, 4.69) is 0 Å². The van der Waals surface area contributed by atoms with Crippen molar-refractivity contribution in [1.29, 1.82) is 21.0 Å². The minimum Gasteiger partial charge on any atom is -0.192 e. The molecule has 0 atom stereocenters. The first kappa shape index (κ1) is 15.8. The molecule has 6 heteroatoms. The smallest absolute Gasteiger partial charge is 0.137 e. The Balaban J connectivity index is 2.44. The summed E-state index contributed by atoms with van der Waals surface area (Å²) < 4.78 is 1.87. The Morgan fingerprint density at radius 1 is 0.615 bits per heavy atom. The van der Waals surface area contributed by atoms with E-state index in [1.54, 1.807) is 0 Å². The Labute approximate surface area is 155 Å². The number of hydrogen-bond acceptors (Lipinski definition) is 6. The summed E-state index contributed by atoms with van der Waals surface area (Å²) >= 11 is 3.03. The van der Waals surface area contributed by atoms with Crippen LogP contribution < -0.4 is 10.4 Å². The first-order chi connectivity index (χ1) is 12.7. The van der Waals surface area contributed by atoms with Gasteiger partial charge in [-0.3, -0.25) is 0 Å². The van der Waals surface area contributed by atoms with Gasteiger partial charge >= 0.3 is 0 Å². The van der Waals surface area contributed by atoms with Crippen molar-refractivity contribution in [3.63, 3.8) is 0 Å². The fraction of sp³-hybridized carbons (Fsp3) is 0. The fourth-order valence-corrected chi connectivity index (χ4v) is 5.02. The zero-order chi connectivity index (χ0) is 18.3. The highest BCUT2D eigenvalue weighted by molar-refractivity contribution is 7.19. The third-order valence-corrected chi connectivity index (χ3v) is 6.15. The first-order valence-electron chi connectivity index (χ1n) is 7.42. The zero-order valence-electron chi connectivity index (χ0n) is 13.1. The molecule has 4 nitrogen and oxygen atoms in total. The standard InChI is InChI=1S/C20H6N4S2/c21-7-11(8-22)15-5-18-17(19-13(15)1-3-25-19)6-16(12(9-23)10-24)14-2-4-26-20(14)18/h1-6H. The maximum atomic E-state index is 9.32. The number of nitriles is 4. The SMILES string of the molecule is N#CC(C#N)=c1cc2c(cc(=C(C#N)C#N)c3ccsc32)c2sccc12. The van der Waals surface area contributed by atoms with Gasteiger partial charge in [-0.2, -0.15) is 21.0 Å². The molecule has 2 heterocycles. The molecule has 0 saturated heterocycles. The molecule has 0 unspecified atom stereocenters. The summed E-state index contributed by atoms with van der Waals surface area (Å²) in [5, 5.41) is 45.9. The van der Waals surface area contributed by atoms with E-state index in [1.165, 1.54) is 22.7 Å². The van der Waals surface area contributed by atoms with Crippen LogP contribution in [0.25, 0.3) is 42.1 Å². The number of benzene rings is 2. The van der Waals surface area contributed by atoms with Gasteiger partial charge in [0.05, 0.1) is 0 Å². The van der Waals surface area contributed by atoms with Crippen LogP contribution >= 0.6 is 22.7 Å². The number of nitrogens with zero attached hydrogens (tertiary/aromatic N) is 4. The second-order valence-electron chi connectivity index (χ2n) is 5.47. The molecule has 0 fully saturated rings. The van der Waals surface area contributed by atoms with Gasteiger partial charge in [-0.05, 0) is 35.0 Å². The topological polar surface area (TPSA) is 95.2 Å². The Morgan fingerprint density at radius 3 is 1.35 bits per heavy atom. The molecule has 118 valence electrons. The Hall–Kier alpha value is -3.68. The van der Waals surface area contributed by atoms with Gasteiger partial charge < -0.3 is 0 Å². The normalized spacial score (nSPS) is 10.2. The van der Waals surface area contributed by atoms with Crippen LogP contribution in [0.1, 0.15) is 0 Å². The summed E-state index contributed by atoms with van der Waals surface area (Å²) in [7, 11) is 0. The number of thiophene rings is 2. The Morgan fingerprint density at radius 2 is 1.00 bits per heavy atom. The average Bonchev–Trinajstić information content (AvgIpc) is 3.33. The molecule has 0 radical (unpaired) electrons. The summed E-state index contributed by atoms with van der Waals surface area (Å²) in [5.74, 6) is 0. The quantitative estimate of drug-likeness (QED) is 0.474. The molecule has 26 heavy (non-hydrogen) atoms. The number of fused-ring (bicyclic) bond motifs is 5. The maximum Gasteiger partial charge on any atom is 0.137 e. The molecule has 0 spiro atoms. The van der Waals surface area contributed by atoms with E-state index >= 15 is 0 Å². The van der Waals surface area contributed by atoms with Crippen LogP contribution in [0.15, 0.2) is 35.0 Å². The third-order valence-electron chi connectivity index (χ3n) is 4.25. The van der Waals surface area contributed by atoms with Gasteiger partial charge in [-0.1, -0.05) is 0 Å². The van der Waals surface area contributed by atoms with Crippen LogP contribution in [0.3, 0.4) is 0 Å². The summed E-state index contributed by atoms with van der Waals surface area (Å²) in [6.45, 7) is 0. The monoisotopic (exact) mass is 366 g/mol. The zero-order valence-corrected chi connectivity index (χ0v) is 14.7. The van der Waals surface area contributed by atoms with E-state index in [-0.39, 0.29) is 11.1 Å². The minimum absolute atomic E-state index is 0.0744. The van der Waals surface area contributed by atoms with Gasteiger partial charge in [0.2, 0.25) is 0 Å². The Kier molecular flexibility index (Phi) is 3.65. The molecule has 0 amide bonds. The van der Waals surface area contributed by atoms with Crippen LogP contribution in [0.5, 0.6) is 0 Å². The lowest BCUT2D eigenvalue weighted by atomic mass is 10.00. The van der Waals surface area contributed by atoms with Gasteiger partial charge in [-0.25, -0.2) is 0 Å². The van der Waals surface area contributed by atoms with Gasteiger partial charge in [0.15, 0.2) is 0 Å². The van der Waals surface area contributed by atoms with Crippen LogP contribution in [0.2, 0.25) is 0 Å². The molecule has 0 saturated carbocycles. The van der Waals surface area contributed by atoms with E-state index in [0.29, 0.717) is 10.4 Å². The van der Waals surface area contributed by atoms with Gasteiger partial charge in [0, 0.05) is 41.4 Å². The molecule has 0 aliphatic rings. The van der Waals surface area contributed by atoms with E-state index in [9.17, 15) is 21.0 Å². The van der Waals surface area contributed by atoms with E-state index in [1.807, 2.05) is 59.3 Å². The predicted octanol–water partition coefficient (Wildman–Crippen LogP) is 3.66. The lowest BCUT2D eigenvalue weighted by molar-refractivity contribution is 1.50. The maximum absolute atomic E-state index is 9.32. The second kappa shape index (κ2) is 5.99. The summed E-state index contributed by atoms with van der Waals surface area (Å²) in [6.07, 6.45) is 0. The Bertz CT molecular complexity index is 1370. The highest BCUT2D eigenvalue weighted by Gasteiger charge is 2.13. The van der Waals surface area contributed by atoms with E-state index in [4.69, 9.17) is 0 Å². The van der Waals surface area contributed by atoms with Crippen LogP contribution in [-0.4, -0.2) is 0 Å². The average molecular weight is 366 g/mol. The molecule has 0 aliphatic carbocycles. The molecule has 2 aromatic heterocycles. The van der Waals surface area contributed by atoms with Crippen LogP contribution in [0.4, 0.5) is 0 Å². The fourth-order valence-electron chi connectivity index (χ4n) is 3.14. The molecule has 4 rings (SSSR count). The highest BCUT2D eigenvalue weighted by atomic mass is 32.1. The van der Waals surface area contributed by atoms with Crippen molar-refractivity contribution in [2.45, 2.75) is 0 Å². The van der Waals surface area contributed by atoms with Crippen molar-refractivity contribution in [2.75, 3.05) is 0 Å². The van der Waals surface area contributed by atoms with Gasteiger partial charge in [0.25, 0.3) is 0 Å². The van der Waals surface area contributed by atoms with Crippen molar-refractivity contribution in [2.24, 2.45) is 0 Å². The molecule has 2 aromatic carbocycles.